The molecule has 168 valence electrons. The minimum Gasteiger partial charge on any atom is -0.481 e. The normalized spacial score (nSPS) is 48.0. The lowest BCUT2D eigenvalue weighted by atomic mass is 9.43. The molecule has 0 heterocycles. The van der Waals surface area contributed by atoms with E-state index in [9.17, 15) is 14.7 Å². The van der Waals surface area contributed by atoms with Crippen molar-refractivity contribution in [2.45, 2.75) is 91.6 Å². The van der Waals surface area contributed by atoms with E-state index in [2.05, 4.69) is 20.8 Å². The molecule has 0 bridgehead atoms. The summed E-state index contributed by atoms with van der Waals surface area (Å²) < 4.78 is 0. The quantitative estimate of drug-likeness (QED) is 0.614. The zero-order valence-corrected chi connectivity index (χ0v) is 19.2. The summed E-state index contributed by atoms with van der Waals surface area (Å²) in [6.45, 7) is 9.04. The molecule has 30 heavy (non-hydrogen) atoms. The van der Waals surface area contributed by atoms with Crippen LogP contribution in [0.15, 0.2) is 11.6 Å². The lowest BCUT2D eigenvalue weighted by Gasteiger charge is -2.61. The van der Waals surface area contributed by atoms with Gasteiger partial charge in [0.2, 0.25) is 0 Å². The van der Waals surface area contributed by atoms with Crippen LogP contribution in [0.5, 0.6) is 0 Å². The van der Waals surface area contributed by atoms with Gasteiger partial charge in [0.05, 0.1) is 6.10 Å². The molecule has 9 atom stereocenters. The minimum atomic E-state index is -0.705. The summed E-state index contributed by atoms with van der Waals surface area (Å²) in [6, 6.07) is 0. The third-order valence-electron chi connectivity index (χ3n) is 10.3. The molecule has 0 amide bonds. The lowest BCUT2D eigenvalue weighted by Crippen LogP contribution is -2.58. The summed E-state index contributed by atoms with van der Waals surface area (Å²) in [5.41, 5.74) is 1.25. The second-order valence-corrected chi connectivity index (χ2v) is 11.5. The molecular weight excluding hydrogens is 376 g/mol. The van der Waals surface area contributed by atoms with Crippen molar-refractivity contribution in [2.24, 2.45) is 46.3 Å². The SMILES string of the molecule is C/C=C1/C(=O)[C@H]2C3CCC(C(C)CCC(=O)O)[C@@]3(C)CCC2[C@@]2(C)CC[C@@H](O)C[C@@H]12. The number of carboxylic acid groups (broad SMARTS) is 1. The van der Waals surface area contributed by atoms with Crippen LogP contribution in [0.3, 0.4) is 0 Å². The van der Waals surface area contributed by atoms with Crippen molar-refractivity contribution in [1.29, 1.82) is 0 Å². The Kier molecular flexibility index (Phi) is 5.70. The van der Waals surface area contributed by atoms with Gasteiger partial charge in [-0.1, -0.05) is 26.8 Å². The largest absolute Gasteiger partial charge is 0.481 e. The lowest BCUT2D eigenvalue weighted by molar-refractivity contribution is -0.150. The third kappa shape index (κ3) is 3.20. The van der Waals surface area contributed by atoms with Crippen molar-refractivity contribution < 1.29 is 19.8 Å². The zero-order chi connectivity index (χ0) is 21.8. The first-order valence-electron chi connectivity index (χ1n) is 12.2. The molecule has 4 aliphatic carbocycles. The van der Waals surface area contributed by atoms with E-state index < -0.39 is 5.97 Å². The second-order valence-electron chi connectivity index (χ2n) is 11.5. The Morgan fingerprint density at radius 3 is 2.47 bits per heavy atom. The number of rotatable bonds is 4. The van der Waals surface area contributed by atoms with E-state index in [0.717, 1.165) is 56.9 Å². The van der Waals surface area contributed by atoms with E-state index in [0.29, 0.717) is 29.5 Å². The molecule has 4 saturated carbocycles. The summed E-state index contributed by atoms with van der Waals surface area (Å²) in [5.74, 6) is 1.74. The maximum absolute atomic E-state index is 13.8. The molecule has 0 aromatic rings. The summed E-state index contributed by atoms with van der Waals surface area (Å²) >= 11 is 0. The zero-order valence-electron chi connectivity index (χ0n) is 19.2. The highest BCUT2D eigenvalue weighted by atomic mass is 16.4. The molecule has 4 aliphatic rings. The van der Waals surface area contributed by atoms with Gasteiger partial charge in [0.15, 0.2) is 5.78 Å². The van der Waals surface area contributed by atoms with Crippen LogP contribution >= 0.6 is 0 Å². The molecule has 0 aromatic heterocycles. The minimum absolute atomic E-state index is 0.114. The second kappa shape index (κ2) is 7.76. The number of hydrogen-bond donors (Lipinski definition) is 2. The van der Waals surface area contributed by atoms with Gasteiger partial charge < -0.3 is 10.2 Å². The Balaban J connectivity index is 1.64. The predicted molar refractivity (Wildman–Crippen MR) is 117 cm³/mol. The van der Waals surface area contributed by atoms with E-state index in [-0.39, 0.29) is 35.2 Å². The number of aliphatic hydroxyl groups excluding tert-OH is 1. The predicted octanol–water partition coefficient (Wildman–Crippen LogP) is 5.24. The third-order valence-corrected chi connectivity index (χ3v) is 10.3. The van der Waals surface area contributed by atoms with E-state index in [1.807, 2.05) is 13.0 Å². The van der Waals surface area contributed by atoms with Crippen LogP contribution < -0.4 is 0 Å². The van der Waals surface area contributed by atoms with Gasteiger partial charge in [0, 0.05) is 12.3 Å². The van der Waals surface area contributed by atoms with Crippen LogP contribution in [0.1, 0.15) is 85.5 Å². The smallest absolute Gasteiger partial charge is 0.303 e. The Morgan fingerprint density at radius 2 is 1.80 bits per heavy atom. The summed E-state index contributed by atoms with van der Waals surface area (Å²) in [6.07, 6.45) is 9.86. The molecule has 0 aliphatic heterocycles. The molecule has 0 aromatic carbocycles. The molecule has 4 nitrogen and oxygen atoms in total. The van der Waals surface area contributed by atoms with Gasteiger partial charge >= 0.3 is 5.97 Å². The van der Waals surface area contributed by atoms with Crippen LogP contribution in [-0.4, -0.2) is 28.1 Å². The topological polar surface area (TPSA) is 74.6 Å². The van der Waals surface area contributed by atoms with E-state index in [1.165, 1.54) is 0 Å². The fraction of sp³-hybridized carbons (Fsp3) is 0.846. The van der Waals surface area contributed by atoms with Crippen molar-refractivity contribution in [3.63, 3.8) is 0 Å². The molecule has 4 fully saturated rings. The molecule has 4 rings (SSSR count). The van der Waals surface area contributed by atoms with Crippen molar-refractivity contribution in [1.82, 2.24) is 0 Å². The molecule has 0 radical (unpaired) electrons. The van der Waals surface area contributed by atoms with E-state index >= 15 is 0 Å². The first-order chi connectivity index (χ1) is 14.1. The van der Waals surface area contributed by atoms with Crippen LogP contribution in [0.25, 0.3) is 0 Å². The fourth-order valence-corrected chi connectivity index (χ4v) is 8.72. The van der Waals surface area contributed by atoms with Gasteiger partial charge in [-0.05, 0) is 104 Å². The van der Waals surface area contributed by atoms with Crippen LogP contribution in [0, 0.1) is 46.3 Å². The first-order valence-corrected chi connectivity index (χ1v) is 12.2. The number of carbonyl (C=O) groups excluding carboxylic acids is 1. The Hall–Kier alpha value is -1.16. The van der Waals surface area contributed by atoms with Crippen molar-refractivity contribution in [3.8, 4) is 0 Å². The number of carbonyl (C=O) groups is 2. The number of Topliss-reactive ketones (excluding diaryl/α,β-unsaturated/α-hetero) is 1. The monoisotopic (exact) mass is 416 g/mol. The van der Waals surface area contributed by atoms with Gasteiger partial charge in [-0.15, -0.1) is 0 Å². The van der Waals surface area contributed by atoms with Crippen molar-refractivity contribution in [2.75, 3.05) is 0 Å². The van der Waals surface area contributed by atoms with E-state index in [1.54, 1.807) is 0 Å². The van der Waals surface area contributed by atoms with Crippen molar-refractivity contribution >= 4 is 11.8 Å². The van der Waals surface area contributed by atoms with Crippen LogP contribution in [0.2, 0.25) is 0 Å². The first kappa shape index (κ1) is 22.0. The number of fused-ring (bicyclic) bond motifs is 5. The summed E-state index contributed by atoms with van der Waals surface area (Å²) in [7, 11) is 0. The maximum atomic E-state index is 13.8. The highest BCUT2D eigenvalue weighted by Gasteiger charge is 2.64. The van der Waals surface area contributed by atoms with E-state index in [4.69, 9.17) is 5.11 Å². The highest BCUT2D eigenvalue weighted by molar-refractivity contribution is 5.99. The molecule has 4 heteroatoms. The Labute approximate surface area is 181 Å². The molecule has 2 N–H and O–H groups in total. The van der Waals surface area contributed by atoms with Crippen LogP contribution in [-0.2, 0) is 9.59 Å². The Bertz CT molecular complexity index is 741. The van der Waals surface area contributed by atoms with Crippen molar-refractivity contribution in [3.05, 3.63) is 11.6 Å². The molecular formula is C26H40O4. The maximum Gasteiger partial charge on any atom is 0.303 e. The average molecular weight is 417 g/mol. The number of carboxylic acids is 1. The standard InChI is InChI=1S/C26H40O4/c1-5-17-21-14-16(27)10-12-26(21,4)20-11-13-25(3)18(15(2)6-9-22(28)29)7-8-19(25)23(20)24(17)30/h5,15-16,18-21,23,27H,6-14H2,1-4H3,(H,28,29)/b17-5+/t15?,16-,18?,19?,20?,21+,23+,25-,26-/m1/s1. The molecule has 4 unspecified atom stereocenters. The molecule has 0 saturated heterocycles. The van der Waals surface area contributed by atoms with Gasteiger partial charge in [0.1, 0.15) is 0 Å². The highest BCUT2D eigenvalue weighted by Crippen LogP contribution is 2.68. The number of ketones is 1. The number of aliphatic carboxylic acids is 1. The molecule has 0 spiro atoms. The Morgan fingerprint density at radius 1 is 1.13 bits per heavy atom. The summed E-state index contributed by atoms with van der Waals surface area (Å²) in [5, 5.41) is 19.5. The average Bonchev–Trinajstić information content (AvgIpc) is 3.05. The van der Waals surface area contributed by atoms with Gasteiger partial charge in [-0.2, -0.15) is 0 Å². The number of allylic oxidation sites excluding steroid dienone is 2. The van der Waals surface area contributed by atoms with Crippen LogP contribution in [0.4, 0.5) is 0 Å². The van der Waals surface area contributed by atoms with Gasteiger partial charge in [0.25, 0.3) is 0 Å². The van der Waals surface area contributed by atoms with Gasteiger partial charge in [-0.3, -0.25) is 9.59 Å². The number of aliphatic hydroxyl groups is 1. The number of hydrogen-bond acceptors (Lipinski definition) is 3. The summed E-state index contributed by atoms with van der Waals surface area (Å²) in [4.78, 5) is 24.9. The fourth-order valence-electron chi connectivity index (χ4n) is 8.72. The van der Waals surface area contributed by atoms with Gasteiger partial charge in [-0.25, -0.2) is 0 Å².